The Hall–Kier alpha value is -3.59. The van der Waals surface area contributed by atoms with Crippen LogP contribution < -0.4 is 14.8 Å². The zero-order chi connectivity index (χ0) is 19.7. The van der Waals surface area contributed by atoms with Gasteiger partial charge in [0.2, 0.25) is 0 Å². The second kappa shape index (κ2) is 7.20. The summed E-state index contributed by atoms with van der Waals surface area (Å²) in [5.41, 5.74) is 0.881. The van der Waals surface area contributed by atoms with Gasteiger partial charge in [-0.25, -0.2) is 4.68 Å². The van der Waals surface area contributed by atoms with E-state index in [2.05, 4.69) is 10.4 Å². The largest absolute Gasteiger partial charge is 0.486 e. The van der Waals surface area contributed by atoms with Gasteiger partial charge in [0, 0.05) is 30.5 Å². The fourth-order valence-corrected chi connectivity index (χ4v) is 2.88. The van der Waals surface area contributed by atoms with Gasteiger partial charge in [0.25, 0.3) is 11.6 Å². The van der Waals surface area contributed by atoms with E-state index in [9.17, 15) is 14.9 Å². The third-order valence-electron chi connectivity index (χ3n) is 4.01. The Balaban J connectivity index is 1.55. The molecule has 0 saturated heterocycles. The minimum atomic E-state index is -0.496. The van der Waals surface area contributed by atoms with Crippen LogP contribution >= 0.6 is 11.6 Å². The van der Waals surface area contributed by atoms with Gasteiger partial charge in [0.15, 0.2) is 17.2 Å². The molecule has 1 N–H and O–H groups in total. The van der Waals surface area contributed by atoms with Gasteiger partial charge < -0.3 is 14.8 Å². The molecule has 1 amide bonds. The summed E-state index contributed by atoms with van der Waals surface area (Å²) in [6.07, 6.45) is 1.54. The Bertz CT molecular complexity index is 1080. The molecule has 0 spiro atoms. The third kappa shape index (κ3) is 3.47. The number of benzene rings is 2. The molecule has 0 fully saturated rings. The summed E-state index contributed by atoms with van der Waals surface area (Å²) in [5.74, 6) is 0.528. The van der Waals surface area contributed by atoms with Crippen molar-refractivity contribution >= 4 is 28.9 Å². The lowest BCUT2D eigenvalue weighted by Crippen LogP contribution is -2.17. The smallest absolute Gasteiger partial charge is 0.276 e. The average Bonchev–Trinajstić information content (AvgIpc) is 3.19. The number of fused-ring (bicyclic) bond motifs is 1. The highest BCUT2D eigenvalue weighted by Gasteiger charge is 2.18. The van der Waals surface area contributed by atoms with Crippen molar-refractivity contribution in [3.05, 3.63) is 69.5 Å². The molecular weight excluding hydrogens is 388 g/mol. The fraction of sp³-hybridized carbons (Fsp3) is 0.111. The minimum Gasteiger partial charge on any atom is -0.486 e. The summed E-state index contributed by atoms with van der Waals surface area (Å²) in [5, 5.41) is 18.1. The van der Waals surface area contributed by atoms with E-state index >= 15 is 0 Å². The van der Waals surface area contributed by atoms with Gasteiger partial charge >= 0.3 is 0 Å². The summed E-state index contributed by atoms with van der Waals surface area (Å²) in [6.45, 7) is 0.847. The number of halogens is 1. The SMILES string of the molecule is O=C(Nc1cc2c(cc1Cl)OCCO2)c1ccn(-c2cccc([N+](=O)[O-])c2)n1. The first-order valence-corrected chi connectivity index (χ1v) is 8.60. The van der Waals surface area contributed by atoms with Gasteiger partial charge in [-0.05, 0) is 12.1 Å². The molecule has 0 bridgehead atoms. The number of hydrogen-bond acceptors (Lipinski definition) is 6. The number of anilines is 1. The Morgan fingerprint density at radius 2 is 1.93 bits per heavy atom. The van der Waals surface area contributed by atoms with Crippen molar-refractivity contribution in [2.45, 2.75) is 0 Å². The molecule has 0 unspecified atom stereocenters. The van der Waals surface area contributed by atoms with Crippen LogP contribution in [0.5, 0.6) is 11.5 Å². The van der Waals surface area contributed by atoms with E-state index in [0.29, 0.717) is 41.1 Å². The highest BCUT2D eigenvalue weighted by Crippen LogP contribution is 2.38. The molecule has 28 heavy (non-hydrogen) atoms. The number of non-ortho nitro benzene ring substituents is 1. The van der Waals surface area contributed by atoms with Gasteiger partial charge in [0.1, 0.15) is 13.2 Å². The van der Waals surface area contributed by atoms with Gasteiger partial charge in [-0.15, -0.1) is 0 Å². The number of nitrogens with zero attached hydrogens (tertiary/aromatic N) is 3. The number of ether oxygens (including phenoxy) is 2. The lowest BCUT2D eigenvalue weighted by atomic mass is 10.2. The molecular formula is C18H13ClN4O5. The Morgan fingerprint density at radius 3 is 2.68 bits per heavy atom. The van der Waals surface area contributed by atoms with Crippen LogP contribution in [0.25, 0.3) is 5.69 Å². The third-order valence-corrected chi connectivity index (χ3v) is 4.32. The zero-order valence-electron chi connectivity index (χ0n) is 14.3. The second-order valence-corrected chi connectivity index (χ2v) is 6.26. The van der Waals surface area contributed by atoms with E-state index in [0.717, 1.165) is 0 Å². The van der Waals surface area contributed by atoms with E-state index in [1.165, 1.54) is 22.9 Å². The van der Waals surface area contributed by atoms with Crippen molar-refractivity contribution in [3.63, 3.8) is 0 Å². The number of carbonyl (C=O) groups is 1. The predicted octanol–water partition coefficient (Wildman–Crippen LogP) is 3.46. The summed E-state index contributed by atoms with van der Waals surface area (Å²) in [6, 6.07) is 10.6. The number of nitro groups is 1. The van der Waals surface area contributed by atoms with Crippen molar-refractivity contribution in [1.82, 2.24) is 9.78 Å². The molecule has 0 saturated carbocycles. The lowest BCUT2D eigenvalue weighted by molar-refractivity contribution is -0.384. The van der Waals surface area contributed by atoms with E-state index in [4.69, 9.17) is 21.1 Å². The Morgan fingerprint density at radius 1 is 1.18 bits per heavy atom. The van der Waals surface area contributed by atoms with Crippen LogP contribution in [0.3, 0.4) is 0 Å². The van der Waals surface area contributed by atoms with Crippen LogP contribution in [0.15, 0.2) is 48.7 Å². The normalized spacial score (nSPS) is 12.5. The molecule has 2 heterocycles. The van der Waals surface area contributed by atoms with Crippen molar-refractivity contribution in [2.75, 3.05) is 18.5 Å². The van der Waals surface area contributed by atoms with E-state index in [1.807, 2.05) is 0 Å². The van der Waals surface area contributed by atoms with Crippen molar-refractivity contribution in [3.8, 4) is 17.2 Å². The summed E-state index contributed by atoms with van der Waals surface area (Å²) < 4.78 is 12.3. The highest BCUT2D eigenvalue weighted by molar-refractivity contribution is 6.34. The van der Waals surface area contributed by atoms with Crippen LogP contribution in [0.4, 0.5) is 11.4 Å². The molecule has 3 aromatic rings. The molecule has 0 atom stereocenters. The number of rotatable bonds is 4. The average molecular weight is 401 g/mol. The maximum atomic E-state index is 12.5. The van der Waals surface area contributed by atoms with Crippen molar-refractivity contribution in [1.29, 1.82) is 0 Å². The molecule has 142 valence electrons. The lowest BCUT2D eigenvalue weighted by Gasteiger charge is -2.19. The number of aromatic nitrogens is 2. The van der Waals surface area contributed by atoms with E-state index in [1.54, 1.807) is 30.5 Å². The van der Waals surface area contributed by atoms with Crippen LogP contribution in [0.2, 0.25) is 5.02 Å². The number of hydrogen-bond donors (Lipinski definition) is 1. The van der Waals surface area contributed by atoms with Crippen molar-refractivity contribution < 1.29 is 19.2 Å². The summed E-state index contributed by atoms with van der Waals surface area (Å²) in [7, 11) is 0. The molecule has 10 heteroatoms. The second-order valence-electron chi connectivity index (χ2n) is 5.85. The Labute approximate surface area is 163 Å². The number of carbonyl (C=O) groups excluding carboxylic acids is 1. The summed E-state index contributed by atoms with van der Waals surface area (Å²) in [4.78, 5) is 22.9. The molecule has 2 aromatic carbocycles. The van der Waals surface area contributed by atoms with Crippen molar-refractivity contribution in [2.24, 2.45) is 0 Å². The van der Waals surface area contributed by atoms with Gasteiger partial charge in [-0.1, -0.05) is 17.7 Å². The topological polar surface area (TPSA) is 109 Å². The quantitative estimate of drug-likeness (QED) is 0.530. The zero-order valence-corrected chi connectivity index (χ0v) is 15.0. The molecule has 1 aliphatic heterocycles. The maximum Gasteiger partial charge on any atom is 0.276 e. The predicted molar refractivity (Wildman–Crippen MR) is 101 cm³/mol. The maximum absolute atomic E-state index is 12.5. The van der Waals surface area contributed by atoms with Gasteiger partial charge in [0.05, 0.1) is 21.3 Å². The van der Waals surface area contributed by atoms with E-state index in [-0.39, 0.29) is 11.4 Å². The van der Waals surface area contributed by atoms with E-state index < -0.39 is 10.8 Å². The van der Waals surface area contributed by atoms with Crippen LogP contribution in [0, 0.1) is 10.1 Å². The summed E-state index contributed by atoms with van der Waals surface area (Å²) >= 11 is 6.20. The monoisotopic (exact) mass is 400 g/mol. The molecule has 9 nitrogen and oxygen atoms in total. The molecule has 4 rings (SSSR count). The van der Waals surface area contributed by atoms with Crippen LogP contribution in [0.1, 0.15) is 10.5 Å². The molecule has 1 aliphatic rings. The first-order chi connectivity index (χ1) is 13.5. The standard InChI is InChI=1S/C18H13ClN4O5/c19-13-9-16-17(28-7-6-27-16)10-15(13)20-18(24)14-4-5-22(21-14)11-2-1-3-12(8-11)23(25)26/h1-5,8-10H,6-7H2,(H,20,24). The highest BCUT2D eigenvalue weighted by atomic mass is 35.5. The number of nitrogens with one attached hydrogen (secondary N) is 1. The molecule has 1 aromatic heterocycles. The number of nitro benzene ring substituents is 1. The first kappa shape index (κ1) is 17.8. The van der Waals surface area contributed by atoms with Gasteiger partial charge in [-0.3, -0.25) is 14.9 Å². The molecule has 0 radical (unpaired) electrons. The van der Waals surface area contributed by atoms with Crippen LogP contribution in [-0.2, 0) is 0 Å². The van der Waals surface area contributed by atoms with Gasteiger partial charge in [-0.2, -0.15) is 5.10 Å². The Kier molecular flexibility index (Phi) is 4.58. The first-order valence-electron chi connectivity index (χ1n) is 8.22. The van der Waals surface area contributed by atoms with Crippen LogP contribution in [-0.4, -0.2) is 33.8 Å². The number of amides is 1. The fourth-order valence-electron chi connectivity index (χ4n) is 2.68. The molecule has 0 aliphatic carbocycles. The minimum absolute atomic E-state index is 0.0675.